The van der Waals surface area contributed by atoms with Crippen LogP contribution in [0, 0.1) is 0 Å². The summed E-state index contributed by atoms with van der Waals surface area (Å²) >= 11 is 0. The van der Waals surface area contributed by atoms with E-state index in [0.29, 0.717) is 32.0 Å². The number of aromatic nitrogens is 5. The first kappa shape index (κ1) is 19.5. The van der Waals surface area contributed by atoms with Gasteiger partial charge in [-0.2, -0.15) is 23.3 Å². The minimum absolute atomic E-state index is 0.156. The molecule has 156 valence electrons. The molecule has 30 heavy (non-hydrogen) atoms. The van der Waals surface area contributed by atoms with Gasteiger partial charge in [0.1, 0.15) is 11.5 Å². The third kappa shape index (κ3) is 3.99. The molecule has 1 aliphatic heterocycles. The smallest absolute Gasteiger partial charge is 0.353 e. The van der Waals surface area contributed by atoms with Gasteiger partial charge in [-0.3, -0.25) is 9.59 Å². The fourth-order valence-electron chi connectivity index (χ4n) is 2.93. The molecular weight excluding hydrogens is 407 g/mol. The fraction of sp³-hybridized carbons (Fsp3) is 0.294. The van der Waals surface area contributed by atoms with E-state index >= 15 is 0 Å². The highest BCUT2D eigenvalue weighted by Gasteiger charge is 2.38. The second-order valence-electron chi connectivity index (χ2n) is 6.41. The number of anilines is 1. The van der Waals surface area contributed by atoms with E-state index in [-0.39, 0.29) is 28.5 Å². The standard InChI is InChI=1S/C17H14F3N7O3/c18-17(19,20)16-22-14(25-30-16)10-1-3-12(21-9-10)26-5-7-27(8-6-26)15(29)11-2-4-13(28)24-23-11/h1-4,9H,5-8H2,(H,24,28). The molecule has 0 spiro atoms. The van der Waals surface area contributed by atoms with E-state index in [0.717, 1.165) is 0 Å². The number of alkyl halides is 3. The van der Waals surface area contributed by atoms with E-state index in [1.807, 2.05) is 4.90 Å². The number of carbonyl (C=O) groups is 1. The minimum Gasteiger partial charge on any atom is -0.353 e. The molecule has 3 aromatic rings. The number of H-pyrrole nitrogens is 1. The monoisotopic (exact) mass is 421 g/mol. The van der Waals surface area contributed by atoms with Gasteiger partial charge in [-0.15, -0.1) is 0 Å². The number of piperazine rings is 1. The van der Waals surface area contributed by atoms with Crippen molar-refractivity contribution in [3.8, 4) is 11.4 Å². The highest BCUT2D eigenvalue weighted by atomic mass is 19.4. The number of amides is 1. The van der Waals surface area contributed by atoms with E-state index in [1.54, 1.807) is 17.0 Å². The number of halogens is 3. The Bertz CT molecular complexity index is 1080. The van der Waals surface area contributed by atoms with E-state index < -0.39 is 12.1 Å². The first-order chi connectivity index (χ1) is 14.3. The number of hydrogen-bond donors (Lipinski definition) is 1. The second kappa shape index (κ2) is 7.57. The van der Waals surface area contributed by atoms with Crippen LogP contribution in [-0.2, 0) is 6.18 Å². The third-order valence-corrected chi connectivity index (χ3v) is 4.46. The van der Waals surface area contributed by atoms with Gasteiger partial charge in [0.15, 0.2) is 0 Å². The SMILES string of the molecule is O=C(c1ccc(=O)[nH]n1)N1CCN(c2ccc(-c3noc(C(F)(F)F)n3)cn2)CC1. The highest BCUT2D eigenvalue weighted by Crippen LogP contribution is 2.29. The van der Waals surface area contributed by atoms with Crippen LogP contribution in [0.2, 0.25) is 0 Å². The van der Waals surface area contributed by atoms with Crippen LogP contribution in [-0.4, -0.2) is 62.3 Å². The molecule has 0 saturated carbocycles. The number of nitrogens with one attached hydrogen (secondary N) is 1. The van der Waals surface area contributed by atoms with Gasteiger partial charge in [0.25, 0.3) is 11.5 Å². The van der Waals surface area contributed by atoms with Gasteiger partial charge in [-0.25, -0.2) is 10.1 Å². The number of nitrogens with zero attached hydrogens (tertiary/aromatic N) is 6. The molecule has 10 nitrogen and oxygen atoms in total. The molecule has 1 saturated heterocycles. The maximum atomic E-state index is 12.6. The molecule has 13 heteroatoms. The Morgan fingerprint density at radius 3 is 2.43 bits per heavy atom. The van der Waals surface area contributed by atoms with Crippen molar-refractivity contribution in [3.63, 3.8) is 0 Å². The van der Waals surface area contributed by atoms with Gasteiger partial charge in [-0.1, -0.05) is 5.16 Å². The van der Waals surface area contributed by atoms with Crippen molar-refractivity contribution in [2.24, 2.45) is 0 Å². The average Bonchev–Trinajstić information content (AvgIpc) is 3.25. The Morgan fingerprint density at radius 1 is 1.10 bits per heavy atom. The molecule has 4 rings (SSSR count). The lowest BCUT2D eigenvalue weighted by molar-refractivity contribution is -0.159. The first-order valence-electron chi connectivity index (χ1n) is 8.78. The largest absolute Gasteiger partial charge is 0.471 e. The van der Waals surface area contributed by atoms with Crippen molar-refractivity contribution < 1.29 is 22.5 Å². The van der Waals surface area contributed by atoms with Gasteiger partial charge < -0.3 is 14.3 Å². The molecule has 1 fully saturated rings. The van der Waals surface area contributed by atoms with Crippen LogP contribution in [0.5, 0.6) is 0 Å². The molecule has 0 atom stereocenters. The number of rotatable bonds is 3. The van der Waals surface area contributed by atoms with E-state index in [4.69, 9.17) is 0 Å². The quantitative estimate of drug-likeness (QED) is 0.670. The number of hydrogen-bond acceptors (Lipinski definition) is 8. The molecule has 0 radical (unpaired) electrons. The summed E-state index contributed by atoms with van der Waals surface area (Å²) in [6, 6.07) is 5.80. The second-order valence-corrected chi connectivity index (χ2v) is 6.41. The number of pyridine rings is 1. The Hall–Kier alpha value is -3.77. The summed E-state index contributed by atoms with van der Waals surface area (Å²) in [5, 5.41) is 9.30. The van der Waals surface area contributed by atoms with Crippen LogP contribution < -0.4 is 10.5 Å². The molecule has 0 aliphatic carbocycles. The molecule has 3 aromatic heterocycles. The number of aromatic amines is 1. The van der Waals surface area contributed by atoms with Gasteiger partial charge in [0, 0.05) is 44.0 Å². The lowest BCUT2D eigenvalue weighted by Crippen LogP contribution is -2.49. The van der Waals surface area contributed by atoms with Crippen LogP contribution in [0.4, 0.5) is 19.0 Å². The summed E-state index contributed by atoms with van der Waals surface area (Å²) in [5.41, 5.74) is 0.0566. The molecule has 0 bridgehead atoms. The van der Waals surface area contributed by atoms with Crippen molar-refractivity contribution in [2.75, 3.05) is 31.1 Å². The van der Waals surface area contributed by atoms with Crippen LogP contribution in [0.15, 0.2) is 39.8 Å². The molecular formula is C17H14F3N7O3. The summed E-state index contributed by atoms with van der Waals surface area (Å²) in [7, 11) is 0. The Kier molecular flexibility index (Phi) is 4.93. The fourth-order valence-corrected chi connectivity index (χ4v) is 2.93. The Morgan fingerprint density at radius 2 is 1.87 bits per heavy atom. The molecule has 0 unspecified atom stereocenters. The van der Waals surface area contributed by atoms with E-state index in [1.165, 1.54) is 18.3 Å². The predicted molar refractivity (Wildman–Crippen MR) is 95.5 cm³/mol. The van der Waals surface area contributed by atoms with E-state index in [2.05, 4.69) is 29.8 Å². The topological polar surface area (TPSA) is 121 Å². The van der Waals surface area contributed by atoms with Crippen molar-refractivity contribution in [2.45, 2.75) is 6.18 Å². The van der Waals surface area contributed by atoms with Crippen molar-refractivity contribution in [3.05, 3.63) is 52.4 Å². The maximum absolute atomic E-state index is 12.6. The van der Waals surface area contributed by atoms with Crippen molar-refractivity contribution in [1.29, 1.82) is 0 Å². The van der Waals surface area contributed by atoms with Crippen molar-refractivity contribution >= 4 is 11.7 Å². The summed E-state index contributed by atoms with van der Waals surface area (Å²) in [5.74, 6) is -1.30. The zero-order valence-electron chi connectivity index (χ0n) is 15.3. The van der Waals surface area contributed by atoms with Gasteiger partial charge >= 0.3 is 12.1 Å². The summed E-state index contributed by atoms with van der Waals surface area (Å²) in [6.45, 7) is 1.84. The van der Waals surface area contributed by atoms with Crippen LogP contribution in [0.1, 0.15) is 16.4 Å². The van der Waals surface area contributed by atoms with Gasteiger partial charge in [0.05, 0.1) is 0 Å². The van der Waals surface area contributed by atoms with Gasteiger partial charge in [0.2, 0.25) is 5.82 Å². The molecule has 4 heterocycles. The molecule has 1 aliphatic rings. The summed E-state index contributed by atoms with van der Waals surface area (Å²) in [6.07, 6.45) is -3.34. The molecule has 0 aromatic carbocycles. The third-order valence-electron chi connectivity index (χ3n) is 4.46. The van der Waals surface area contributed by atoms with E-state index in [9.17, 15) is 22.8 Å². The van der Waals surface area contributed by atoms with Crippen LogP contribution >= 0.6 is 0 Å². The maximum Gasteiger partial charge on any atom is 0.471 e. The highest BCUT2D eigenvalue weighted by molar-refractivity contribution is 5.92. The van der Waals surface area contributed by atoms with Crippen molar-refractivity contribution in [1.82, 2.24) is 30.2 Å². The molecule has 1 N–H and O–H groups in total. The lowest BCUT2D eigenvalue weighted by Gasteiger charge is -2.35. The Balaban J connectivity index is 1.39. The predicted octanol–water partition coefficient (Wildman–Crippen LogP) is 1.20. The average molecular weight is 421 g/mol. The zero-order valence-corrected chi connectivity index (χ0v) is 15.3. The van der Waals surface area contributed by atoms with Crippen LogP contribution in [0.25, 0.3) is 11.4 Å². The van der Waals surface area contributed by atoms with Gasteiger partial charge in [-0.05, 0) is 18.2 Å². The number of carbonyl (C=O) groups excluding carboxylic acids is 1. The summed E-state index contributed by atoms with van der Waals surface area (Å²) in [4.78, 5) is 34.6. The molecule has 1 amide bonds. The minimum atomic E-state index is -4.71. The first-order valence-corrected chi connectivity index (χ1v) is 8.78. The van der Waals surface area contributed by atoms with Crippen LogP contribution in [0.3, 0.4) is 0 Å². The lowest BCUT2D eigenvalue weighted by atomic mass is 10.2. The Labute approximate surface area is 166 Å². The zero-order chi connectivity index (χ0) is 21.3. The normalized spacial score (nSPS) is 14.8. The summed E-state index contributed by atoms with van der Waals surface area (Å²) < 4.78 is 41.9.